The number of aliphatic hydroxyl groups is 1. The lowest BCUT2D eigenvalue weighted by atomic mass is 9.73. The van der Waals surface area contributed by atoms with E-state index in [1.807, 2.05) is 18.2 Å². The van der Waals surface area contributed by atoms with Gasteiger partial charge in [0.25, 0.3) is 0 Å². The van der Waals surface area contributed by atoms with Gasteiger partial charge in [0.05, 0.1) is 25.1 Å². The Morgan fingerprint density at radius 1 is 1.25 bits per heavy atom. The number of aliphatic hydroxyl groups excluding tert-OH is 1. The molecular formula is C23H23N3O2. The van der Waals surface area contributed by atoms with E-state index in [-0.39, 0.29) is 30.9 Å². The average Bonchev–Trinajstić information content (AvgIpc) is 3.24. The van der Waals surface area contributed by atoms with Crippen LogP contribution in [-0.2, 0) is 11.2 Å². The van der Waals surface area contributed by atoms with E-state index in [0.717, 1.165) is 36.0 Å². The summed E-state index contributed by atoms with van der Waals surface area (Å²) in [6, 6.07) is 13.1. The highest BCUT2D eigenvalue weighted by Gasteiger charge is 2.52. The van der Waals surface area contributed by atoms with Crippen molar-refractivity contribution in [1.82, 2.24) is 9.88 Å². The van der Waals surface area contributed by atoms with E-state index in [1.165, 1.54) is 5.57 Å². The minimum absolute atomic E-state index is 0.134. The summed E-state index contributed by atoms with van der Waals surface area (Å²) in [4.78, 5) is 18.4. The van der Waals surface area contributed by atoms with Crippen molar-refractivity contribution in [2.24, 2.45) is 0 Å². The Balaban J connectivity index is 1.62. The van der Waals surface area contributed by atoms with Crippen molar-refractivity contribution in [2.75, 3.05) is 6.61 Å². The van der Waals surface area contributed by atoms with Gasteiger partial charge in [-0.25, -0.2) is 0 Å². The van der Waals surface area contributed by atoms with Gasteiger partial charge in [0.15, 0.2) is 0 Å². The highest BCUT2D eigenvalue weighted by molar-refractivity contribution is 5.82. The van der Waals surface area contributed by atoms with Crippen molar-refractivity contribution in [1.29, 1.82) is 5.26 Å². The van der Waals surface area contributed by atoms with Crippen LogP contribution in [0.5, 0.6) is 0 Å². The number of benzene rings is 1. The van der Waals surface area contributed by atoms with Crippen molar-refractivity contribution in [3.05, 3.63) is 71.6 Å². The molecular weight excluding hydrogens is 350 g/mol. The zero-order valence-corrected chi connectivity index (χ0v) is 15.7. The Labute approximate surface area is 164 Å². The van der Waals surface area contributed by atoms with Crippen molar-refractivity contribution in [3.8, 4) is 6.07 Å². The van der Waals surface area contributed by atoms with E-state index in [9.17, 15) is 15.2 Å². The number of pyridine rings is 1. The van der Waals surface area contributed by atoms with Gasteiger partial charge in [-0.2, -0.15) is 5.26 Å². The number of nitriles is 1. The molecule has 2 aliphatic rings. The first kappa shape index (κ1) is 18.4. The monoisotopic (exact) mass is 373 g/mol. The summed E-state index contributed by atoms with van der Waals surface area (Å²) in [6.07, 6.45) is 9.04. The van der Waals surface area contributed by atoms with Crippen LogP contribution in [0.25, 0.3) is 5.57 Å². The Kier molecular flexibility index (Phi) is 5.23. The maximum Gasteiger partial charge on any atom is 0.228 e. The molecule has 1 aliphatic carbocycles. The lowest BCUT2D eigenvalue weighted by molar-refractivity contribution is -0.146. The van der Waals surface area contributed by atoms with E-state index >= 15 is 0 Å². The van der Waals surface area contributed by atoms with Crippen LogP contribution in [0.4, 0.5) is 0 Å². The Morgan fingerprint density at radius 2 is 2.04 bits per heavy atom. The third-order valence-electron chi connectivity index (χ3n) is 5.83. The third kappa shape index (κ3) is 3.21. The molecule has 1 aromatic carbocycles. The number of carbonyl (C=O) groups excluding carboxylic acids is 1. The summed E-state index contributed by atoms with van der Waals surface area (Å²) in [7, 11) is 0. The standard InChI is InChI=1S/C23H23N3O2/c24-14-20-23(19-8-4-3-7-18(19)17-5-1-2-6-17)21(15-27)26(20)22(28)13-16-9-11-25-12-10-16/h3-5,7-12,20-21,23,27H,1-2,6,13,15H2/t20-,21+,23-/m0/s1. The fourth-order valence-corrected chi connectivity index (χ4v) is 4.48. The van der Waals surface area contributed by atoms with Gasteiger partial charge < -0.3 is 10.0 Å². The van der Waals surface area contributed by atoms with E-state index in [0.29, 0.717) is 0 Å². The maximum absolute atomic E-state index is 12.9. The van der Waals surface area contributed by atoms with Crippen LogP contribution in [0.2, 0.25) is 0 Å². The lowest BCUT2D eigenvalue weighted by Crippen LogP contribution is -2.65. The van der Waals surface area contributed by atoms with Gasteiger partial charge in [-0.1, -0.05) is 30.3 Å². The number of aromatic nitrogens is 1. The van der Waals surface area contributed by atoms with Crippen LogP contribution in [0, 0.1) is 11.3 Å². The van der Waals surface area contributed by atoms with Crippen LogP contribution in [0.15, 0.2) is 54.9 Å². The van der Waals surface area contributed by atoms with E-state index in [2.05, 4.69) is 23.2 Å². The van der Waals surface area contributed by atoms with E-state index < -0.39 is 6.04 Å². The largest absolute Gasteiger partial charge is 0.394 e. The molecule has 0 unspecified atom stereocenters. The van der Waals surface area contributed by atoms with Gasteiger partial charge in [0.1, 0.15) is 6.04 Å². The number of likely N-dealkylation sites (tertiary alicyclic amines) is 1. The average molecular weight is 373 g/mol. The first-order valence-corrected chi connectivity index (χ1v) is 9.73. The van der Waals surface area contributed by atoms with Gasteiger partial charge in [-0.3, -0.25) is 9.78 Å². The molecule has 1 N–H and O–H groups in total. The molecule has 1 amide bonds. The summed E-state index contributed by atoms with van der Waals surface area (Å²) in [6.45, 7) is -0.154. The fraction of sp³-hybridized carbons (Fsp3) is 0.348. The van der Waals surface area contributed by atoms with Crippen molar-refractivity contribution >= 4 is 11.5 Å². The summed E-state index contributed by atoms with van der Waals surface area (Å²) < 4.78 is 0. The number of allylic oxidation sites excluding steroid dienone is 2. The summed E-state index contributed by atoms with van der Waals surface area (Å²) in [5.74, 6) is -0.306. The SMILES string of the molecule is N#C[C@H]1[C@H](c2ccccc2C2=CCCC2)[C@@H](CO)N1C(=O)Cc1ccncc1. The second-order valence-corrected chi connectivity index (χ2v) is 7.39. The number of hydrogen-bond donors (Lipinski definition) is 1. The number of rotatable bonds is 5. The highest BCUT2D eigenvalue weighted by Crippen LogP contribution is 2.44. The molecule has 1 aromatic heterocycles. The Hall–Kier alpha value is -2.97. The number of hydrogen-bond acceptors (Lipinski definition) is 4. The smallest absolute Gasteiger partial charge is 0.228 e. The summed E-state index contributed by atoms with van der Waals surface area (Å²) >= 11 is 0. The van der Waals surface area contributed by atoms with E-state index in [4.69, 9.17) is 0 Å². The molecule has 0 bridgehead atoms. The van der Waals surface area contributed by atoms with Crippen LogP contribution in [-0.4, -0.2) is 39.6 Å². The number of amides is 1. The third-order valence-corrected chi connectivity index (χ3v) is 5.83. The topological polar surface area (TPSA) is 77.2 Å². The van der Waals surface area contributed by atoms with Crippen LogP contribution >= 0.6 is 0 Å². The van der Waals surface area contributed by atoms with Gasteiger partial charge in [-0.05, 0) is 53.7 Å². The quantitative estimate of drug-likeness (QED) is 0.874. The summed E-state index contributed by atoms with van der Waals surface area (Å²) in [5, 5.41) is 19.9. The molecule has 1 saturated heterocycles. The molecule has 0 spiro atoms. The molecule has 2 heterocycles. The zero-order valence-electron chi connectivity index (χ0n) is 15.7. The van der Waals surface area contributed by atoms with Gasteiger partial charge in [0, 0.05) is 18.3 Å². The second-order valence-electron chi connectivity index (χ2n) is 7.39. The van der Waals surface area contributed by atoms with Crippen molar-refractivity contribution in [2.45, 2.75) is 43.7 Å². The van der Waals surface area contributed by atoms with Crippen molar-refractivity contribution in [3.63, 3.8) is 0 Å². The number of nitrogens with zero attached hydrogens (tertiary/aromatic N) is 3. The molecule has 5 nitrogen and oxygen atoms in total. The Morgan fingerprint density at radius 3 is 2.71 bits per heavy atom. The first-order chi connectivity index (χ1) is 13.7. The van der Waals surface area contributed by atoms with Crippen LogP contribution in [0.3, 0.4) is 0 Å². The second kappa shape index (κ2) is 7.95. The molecule has 5 heteroatoms. The predicted molar refractivity (Wildman–Crippen MR) is 106 cm³/mol. The normalized spacial score (nSPS) is 23.6. The summed E-state index contributed by atoms with van der Waals surface area (Å²) in [5.41, 5.74) is 4.39. The molecule has 2 aromatic rings. The molecule has 1 aliphatic heterocycles. The molecule has 1 fully saturated rings. The number of carbonyl (C=O) groups is 1. The van der Waals surface area contributed by atoms with Gasteiger partial charge in [0.2, 0.25) is 5.91 Å². The molecule has 28 heavy (non-hydrogen) atoms. The molecule has 142 valence electrons. The molecule has 4 rings (SSSR count). The van der Waals surface area contributed by atoms with Gasteiger partial charge in [-0.15, -0.1) is 0 Å². The minimum atomic E-state index is -0.561. The van der Waals surface area contributed by atoms with Crippen LogP contribution in [0.1, 0.15) is 41.9 Å². The Bertz CT molecular complexity index is 932. The fourth-order valence-electron chi connectivity index (χ4n) is 4.48. The first-order valence-electron chi connectivity index (χ1n) is 9.73. The zero-order chi connectivity index (χ0) is 19.5. The van der Waals surface area contributed by atoms with Gasteiger partial charge >= 0.3 is 0 Å². The molecule has 0 saturated carbocycles. The lowest BCUT2D eigenvalue weighted by Gasteiger charge is -2.52. The maximum atomic E-state index is 12.9. The van der Waals surface area contributed by atoms with E-state index in [1.54, 1.807) is 29.4 Å². The minimum Gasteiger partial charge on any atom is -0.394 e. The molecule has 0 radical (unpaired) electrons. The predicted octanol–water partition coefficient (Wildman–Crippen LogP) is 3.07. The molecule has 3 atom stereocenters. The van der Waals surface area contributed by atoms with Crippen molar-refractivity contribution < 1.29 is 9.90 Å². The van der Waals surface area contributed by atoms with Crippen LogP contribution < -0.4 is 0 Å². The highest BCUT2D eigenvalue weighted by atomic mass is 16.3.